The van der Waals surface area contributed by atoms with E-state index in [4.69, 9.17) is 11.6 Å². The van der Waals surface area contributed by atoms with Crippen molar-refractivity contribution >= 4 is 17.3 Å². The predicted molar refractivity (Wildman–Crippen MR) is 128 cm³/mol. The molecule has 0 fully saturated rings. The van der Waals surface area contributed by atoms with Crippen molar-refractivity contribution in [3.63, 3.8) is 0 Å². The molecule has 32 heavy (non-hydrogen) atoms. The molecule has 2 heterocycles. The maximum absolute atomic E-state index is 5.76. The van der Waals surface area contributed by atoms with E-state index in [0.29, 0.717) is 5.02 Å². The Morgan fingerprint density at radius 3 is 2.25 bits per heavy atom. The standard InChI is InChI=1S/C17H12N.C10H9ClN2.Ir/c1-3-7-14(8-4-1)16-11-12-17(18-13-16)15-9-5-2-6-10-15;1-12-6-7-13(8-12)10-4-2-9(11)3-5-10;/h1-9,11-13H;2-4,6-8H,1H3;/q-1;-2;+3. The first-order valence-corrected chi connectivity index (χ1v) is 10.3. The van der Waals surface area contributed by atoms with Crippen molar-refractivity contribution in [1.29, 1.82) is 0 Å². The van der Waals surface area contributed by atoms with Crippen LogP contribution in [0.4, 0.5) is 5.69 Å². The quantitative estimate of drug-likeness (QED) is 0.240. The summed E-state index contributed by atoms with van der Waals surface area (Å²) >= 11 is 5.76. The first-order chi connectivity index (χ1) is 15.2. The normalized spacial score (nSPS) is 12.1. The van der Waals surface area contributed by atoms with Crippen LogP contribution in [0.1, 0.15) is 0 Å². The van der Waals surface area contributed by atoms with Gasteiger partial charge in [0.15, 0.2) is 0 Å². The zero-order valence-corrected chi connectivity index (χ0v) is 20.6. The fraction of sp³-hybridized carbons (Fsp3) is 0.0370. The van der Waals surface area contributed by atoms with Gasteiger partial charge in [-0.15, -0.1) is 47.6 Å². The molecule has 160 valence electrons. The average molecular weight is 615 g/mol. The van der Waals surface area contributed by atoms with Crippen molar-refractivity contribution in [3.05, 3.63) is 127 Å². The first-order valence-electron chi connectivity index (χ1n) is 9.88. The minimum absolute atomic E-state index is 0. The molecule has 3 aromatic carbocycles. The summed E-state index contributed by atoms with van der Waals surface area (Å²) in [6.45, 7) is 1.97. The number of anilines is 1. The van der Waals surface area contributed by atoms with Gasteiger partial charge in [0.1, 0.15) is 0 Å². The Hall–Kier alpha value is -2.91. The molecule has 0 bridgehead atoms. The molecule has 4 aromatic rings. The molecule has 0 saturated heterocycles. The molecule has 0 N–H and O–H groups in total. The van der Waals surface area contributed by atoms with Gasteiger partial charge in [-0.1, -0.05) is 47.5 Å². The van der Waals surface area contributed by atoms with Crippen LogP contribution in [-0.4, -0.2) is 16.9 Å². The van der Waals surface area contributed by atoms with Gasteiger partial charge in [-0.2, -0.15) is 36.5 Å². The molecular formula is C27H21ClIrN3. The van der Waals surface area contributed by atoms with Crippen molar-refractivity contribution in [2.24, 2.45) is 0 Å². The number of rotatable bonds is 3. The molecule has 1 aliphatic rings. The molecular weight excluding hydrogens is 594 g/mol. The first kappa shape index (κ1) is 23.7. The predicted octanol–water partition coefficient (Wildman–Crippen LogP) is 6.70. The monoisotopic (exact) mass is 615 g/mol. The van der Waals surface area contributed by atoms with E-state index in [9.17, 15) is 0 Å². The maximum Gasteiger partial charge on any atom is 3.00 e. The van der Waals surface area contributed by atoms with Crippen molar-refractivity contribution in [2.45, 2.75) is 0 Å². The summed E-state index contributed by atoms with van der Waals surface area (Å²) in [6.07, 6.45) is 5.85. The second-order valence-electron chi connectivity index (χ2n) is 6.95. The molecule has 1 aliphatic heterocycles. The smallest absolute Gasteiger partial charge is 0.510 e. The topological polar surface area (TPSA) is 19.4 Å². The molecule has 5 heteroatoms. The molecule has 5 rings (SSSR count). The Bertz CT molecular complexity index is 1060. The third kappa shape index (κ3) is 6.30. The number of hydrogen-bond acceptors (Lipinski definition) is 3. The number of hydrogen-bond donors (Lipinski definition) is 0. The fourth-order valence-electron chi connectivity index (χ4n) is 3.06. The zero-order chi connectivity index (χ0) is 21.5. The van der Waals surface area contributed by atoms with Gasteiger partial charge in [0.05, 0.1) is 0 Å². The van der Waals surface area contributed by atoms with Crippen molar-refractivity contribution in [1.82, 2.24) is 9.88 Å². The summed E-state index contributed by atoms with van der Waals surface area (Å²) in [7, 11) is 1.98. The molecule has 0 unspecified atom stereocenters. The van der Waals surface area contributed by atoms with E-state index in [1.807, 2.05) is 103 Å². The van der Waals surface area contributed by atoms with E-state index >= 15 is 0 Å². The van der Waals surface area contributed by atoms with Crippen LogP contribution < -0.4 is 4.90 Å². The summed E-state index contributed by atoms with van der Waals surface area (Å²) in [5.41, 5.74) is 5.29. The average Bonchev–Trinajstić information content (AvgIpc) is 3.27. The Morgan fingerprint density at radius 1 is 0.844 bits per heavy atom. The Kier molecular flexibility index (Phi) is 8.63. The van der Waals surface area contributed by atoms with Crippen molar-refractivity contribution in [3.8, 4) is 22.4 Å². The van der Waals surface area contributed by atoms with Crippen LogP contribution >= 0.6 is 11.6 Å². The fourth-order valence-corrected chi connectivity index (χ4v) is 3.18. The van der Waals surface area contributed by atoms with Gasteiger partial charge in [-0.25, -0.2) is 0 Å². The van der Waals surface area contributed by atoms with Gasteiger partial charge in [-0.05, 0) is 36.3 Å². The largest absolute Gasteiger partial charge is 3.00 e. The van der Waals surface area contributed by atoms with Crippen LogP contribution in [0.15, 0.2) is 104 Å². The second-order valence-corrected chi connectivity index (χ2v) is 7.39. The van der Waals surface area contributed by atoms with Crippen LogP contribution in [0.2, 0.25) is 5.02 Å². The summed E-state index contributed by atoms with van der Waals surface area (Å²) in [5.74, 6) is 0. The minimum atomic E-state index is 0. The van der Waals surface area contributed by atoms with Crippen molar-refractivity contribution < 1.29 is 20.1 Å². The van der Waals surface area contributed by atoms with Gasteiger partial charge in [0, 0.05) is 6.20 Å². The van der Waals surface area contributed by atoms with E-state index in [-0.39, 0.29) is 20.1 Å². The van der Waals surface area contributed by atoms with Crippen LogP contribution in [0, 0.1) is 18.8 Å². The van der Waals surface area contributed by atoms with Crippen LogP contribution in [-0.2, 0) is 20.1 Å². The summed E-state index contributed by atoms with van der Waals surface area (Å²) in [6, 6.07) is 34.1. The third-order valence-electron chi connectivity index (χ3n) is 4.66. The zero-order valence-electron chi connectivity index (χ0n) is 17.4. The summed E-state index contributed by atoms with van der Waals surface area (Å²) in [5, 5.41) is 0.709. The molecule has 0 spiro atoms. The van der Waals surface area contributed by atoms with Crippen LogP contribution in [0.5, 0.6) is 0 Å². The number of pyridine rings is 1. The molecule has 3 nitrogen and oxygen atoms in total. The Balaban J connectivity index is 0.000000184. The van der Waals surface area contributed by atoms with E-state index in [0.717, 1.165) is 22.5 Å². The van der Waals surface area contributed by atoms with Gasteiger partial charge >= 0.3 is 20.1 Å². The maximum atomic E-state index is 5.76. The molecule has 0 radical (unpaired) electrons. The van der Waals surface area contributed by atoms with E-state index in [1.54, 1.807) is 6.07 Å². The van der Waals surface area contributed by atoms with Crippen molar-refractivity contribution in [2.75, 3.05) is 11.9 Å². The molecule has 0 atom stereocenters. The SMILES string of the molecule is CN1C=CN(c2[c-]cc(Cl)cc2)[CH-]1.[Ir+3].[c-]1ccccc1-c1ccc(-c2ccccc2)cn1. The van der Waals surface area contributed by atoms with Gasteiger partial charge in [0.25, 0.3) is 0 Å². The Morgan fingerprint density at radius 2 is 1.66 bits per heavy atom. The van der Waals surface area contributed by atoms with E-state index < -0.39 is 0 Å². The molecule has 0 saturated carbocycles. The minimum Gasteiger partial charge on any atom is -0.510 e. The van der Waals surface area contributed by atoms with E-state index in [2.05, 4.69) is 35.3 Å². The Labute approximate surface area is 208 Å². The van der Waals surface area contributed by atoms with E-state index in [1.165, 1.54) is 5.56 Å². The van der Waals surface area contributed by atoms with Crippen LogP contribution in [0.25, 0.3) is 22.4 Å². The van der Waals surface area contributed by atoms with Gasteiger partial charge < -0.3 is 14.8 Å². The van der Waals surface area contributed by atoms with Gasteiger partial charge in [0.2, 0.25) is 0 Å². The summed E-state index contributed by atoms with van der Waals surface area (Å²) < 4.78 is 0. The molecule has 0 amide bonds. The number of halogens is 1. The third-order valence-corrected chi connectivity index (χ3v) is 4.90. The number of benzene rings is 3. The molecule has 0 aliphatic carbocycles. The van der Waals surface area contributed by atoms with Gasteiger partial charge in [-0.3, -0.25) is 0 Å². The summed E-state index contributed by atoms with van der Waals surface area (Å²) in [4.78, 5) is 8.45. The number of nitrogens with zero attached hydrogens (tertiary/aromatic N) is 3. The van der Waals surface area contributed by atoms with Crippen LogP contribution in [0.3, 0.4) is 0 Å². The second kappa shape index (κ2) is 11.6. The number of aromatic nitrogens is 1. The molecule has 1 aromatic heterocycles.